The second-order valence-electron chi connectivity index (χ2n) is 8.09. The molecule has 0 unspecified atom stereocenters. The van der Waals surface area contributed by atoms with Crippen molar-refractivity contribution in [3.05, 3.63) is 71.8 Å². The Hall–Kier alpha value is -2.28. The number of piperidine rings is 1. The van der Waals surface area contributed by atoms with Crippen LogP contribution in [0.4, 0.5) is 4.39 Å². The minimum Gasteiger partial charge on any atom is -0.370 e. The van der Waals surface area contributed by atoms with Crippen molar-refractivity contribution in [2.45, 2.75) is 50.6 Å². The fourth-order valence-corrected chi connectivity index (χ4v) is 4.06. The van der Waals surface area contributed by atoms with Crippen molar-refractivity contribution < 1.29 is 17.2 Å². The molecule has 6 heteroatoms. The lowest BCUT2D eigenvalue weighted by Crippen LogP contribution is -2.40. The number of nitrogens with two attached hydrogens (primary N) is 2. The highest BCUT2D eigenvalue weighted by Gasteiger charge is 2.43. The van der Waals surface area contributed by atoms with E-state index in [2.05, 4.69) is 0 Å². The fourth-order valence-electron chi connectivity index (χ4n) is 4.06. The number of rotatable bonds is 9. The SMILES string of the molecule is NCCCCCCC(N)=O.ON1CCC(C(F)(c2ccccc2)c2ccccc2)CC1.[HH].[HH]. The molecule has 1 fully saturated rings. The van der Waals surface area contributed by atoms with Crippen LogP contribution in [0.5, 0.6) is 0 Å². The molecule has 0 saturated carbocycles. The fraction of sp³-hybridized carbons (Fsp3) is 0.480. The third-order valence-electron chi connectivity index (χ3n) is 5.80. The first-order valence-corrected chi connectivity index (χ1v) is 11.2. The highest BCUT2D eigenvalue weighted by molar-refractivity contribution is 5.73. The van der Waals surface area contributed by atoms with Crippen LogP contribution in [0, 0.1) is 5.92 Å². The van der Waals surface area contributed by atoms with E-state index in [0.717, 1.165) is 32.2 Å². The average Bonchev–Trinajstić information content (AvgIpc) is 2.80. The zero-order valence-corrected chi connectivity index (χ0v) is 18.3. The lowest BCUT2D eigenvalue weighted by molar-refractivity contribution is -0.122. The molecule has 1 saturated heterocycles. The van der Waals surface area contributed by atoms with Gasteiger partial charge in [-0.25, -0.2) is 4.39 Å². The number of benzene rings is 2. The number of unbranched alkanes of at least 4 members (excludes halogenated alkanes) is 3. The van der Waals surface area contributed by atoms with Crippen molar-refractivity contribution in [1.29, 1.82) is 0 Å². The van der Waals surface area contributed by atoms with Gasteiger partial charge < -0.3 is 16.7 Å². The summed E-state index contributed by atoms with van der Waals surface area (Å²) in [5.41, 5.74) is 10.1. The molecule has 0 bridgehead atoms. The Kier molecular flexibility index (Phi) is 10.6. The molecule has 0 spiro atoms. The molecular weight excluding hydrogens is 393 g/mol. The highest BCUT2D eigenvalue weighted by Crippen LogP contribution is 2.45. The Morgan fingerprint density at radius 1 is 0.968 bits per heavy atom. The van der Waals surface area contributed by atoms with Gasteiger partial charge in [0.05, 0.1) is 0 Å². The molecule has 1 aliphatic heterocycles. The monoisotopic (exact) mass is 433 g/mol. The van der Waals surface area contributed by atoms with E-state index in [1.54, 1.807) is 0 Å². The Morgan fingerprint density at radius 2 is 1.45 bits per heavy atom. The van der Waals surface area contributed by atoms with Crippen LogP contribution in [0.2, 0.25) is 0 Å². The van der Waals surface area contributed by atoms with Gasteiger partial charge in [-0.3, -0.25) is 4.79 Å². The molecule has 0 aliphatic carbocycles. The van der Waals surface area contributed by atoms with E-state index >= 15 is 4.39 Å². The summed E-state index contributed by atoms with van der Waals surface area (Å²) in [5.74, 6) is -0.321. The smallest absolute Gasteiger partial charge is 0.217 e. The van der Waals surface area contributed by atoms with Crippen LogP contribution in [-0.2, 0) is 10.5 Å². The predicted molar refractivity (Wildman–Crippen MR) is 126 cm³/mol. The summed E-state index contributed by atoms with van der Waals surface area (Å²) >= 11 is 0. The Morgan fingerprint density at radius 3 is 1.90 bits per heavy atom. The molecule has 1 heterocycles. The van der Waals surface area contributed by atoms with Crippen LogP contribution in [-0.4, -0.2) is 35.8 Å². The Labute approximate surface area is 188 Å². The average molecular weight is 434 g/mol. The van der Waals surface area contributed by atoms with Gasteiger partial charge in [0.1, 0.15) is 0 Å². The van der Waals surface area contributed by atoms with E-state index in [1.807, 2.05) is 60.7 Å². The third kappa shape index (κ3) is 7.73. The molecule has 0 atom stereocenters. The molecule has 0 aromatic heterocycles. The molecule has 1 amide bonds. The first-order valence-electron chi connectivity index (χ1n) is 11.2. The minimum absolute atomic E-state index is 0. The second-order valence-corrected chi connectivity index (χ2v) is 8.09. The molecule has 3 rings (SSSR count). The Balaban J connectivity index is 0.000000739. The van der Waals surface area contributed by atoms with Crippen LogP contribution in [0.15, 0.2) is 60.7 Å². The van der Waals surface area contributed by atoms with Gasteiger partial charge in [0.15, 0.2) is 5.67 Å². The van der Waals surface area contributed by atoms with Crippen molar-refractivity contribution in [3.8, 4) is 0 Å². The number of alkyl halides is 1. The van der Waals surface area contributed by atoms with Gasteiger partial charge in [-0.1, -0.05) is 73.5 Å². The normalized spacial score (nSPS) is 15.2. The van der Waals surface area contributed by atoms with Gasteiger partial charge in [-0.05, 0) is 43.4 Å². The molecule has 5 N–H and O–H groups in total. The van der Waals surface area contributed by atoms with Gasteiger partial charge in [0.2, 0.25) is 5.91 Å². The van der Waals surface area contributed by atoms with Gasteiger partial charge in [-0.2, -0.15) is 5.06 Å². The number of carbonyl (C=O) groups excluding carboxylic acids is 1. The highest BCUT2D eigenvalue weighted by atomic mass is 19.1. The summed E-state index contributed by atoms with van der Waals surface area (Å²) < 4.78 is 16.2. The van der Waals surface area contributed by atoms with E-state index < -0.39 is 5.67 Å². The standard InChI is InChI=1S/C18H20FNO.C7H16N2O.2H2/c19-18(15-7-3-1-4-8-15,16-9-5-2-6-10-16)17-11-13-20(21)14-12-17;8-6-4-2-1-3-5-7(9)10;;/h1-10,17,21H,11-14H2;1-6,8H2,(H2,9,10);2*1H. The molecule has 174 valence electrons. The second kappa shape index (κ2) is 13.2. The molecule has 2 aromatic carbocycles. The van der Waals surface area contributed by atoms with Crippen molar-refractivity contribution in [2.24, 2.45) is 17.4 Å². The summed E-state index contributed by atoms with van der Waals surface area (Å²) in [6, 6.07) is 18.8. The van der Waals surface area contributed by atoms with Gasteiger partial charge in [0.25, 0.3) is 0 Å². The summed E-state index contributed by atoms with van der Waals surface area (Å²) in [7, 11) is 0. The summed E-state index contributed by atoms with van der Waals surface area (Å²) in [5, 5.41) is 10.8. The van der Waals surface area contributed by atoms with E-state index in [4.69, 9.17) is 11.5 Å². The summed E-state index contributed by atoms with van der Waals surface area (Å²) in [6.45, 7) is 1.79. The van der Waals surface area contributed by atoms with Crippen LogP contribution in [0.1, 0.15) is 58.9 Å². The zero-order chi connectivity index (χ0) is 22.5. The lowest BCUT2D eigenvalue weighted by atomic mass is 9.73. The van der Waals surface area contributed by atoms with Crippen molar-refractivity contribution in [2.75, 3.05) is 19.6 Å². The van der Waals surface area contributed by atoms with Gasteiger partial charge >= 0.3 is 0 Å². The number of primary amides is 1. The van der Waals surface area contributed by atoms with E-state index in [0.29, 0.717) is 43.5 Å². The first kappa shape index (κ1) is 25.0. The number of nitrogens with zero attached hydrogens (tertiary/aromatic N) is 1. The van der Waals surface area contributed by atoms with Crippen LogP contribution < -0.4 is 11.5 Å². The molecule has 0 radical (unpaired) electrons. The molecule has 1 aliphatic rings. The maximum absolute atomic E-state index is 16.2. The van der Waals surface area contributed by atoms with Gasteiger partial charge in [0, 0.05) is 28.3 Å². The number of hydrogen-bond acceptors (Lipinski definition) is 4. The predicted octanol–water partition coefficient (Wildman–Crippen LogP) is 4.87. The van der Waals surface area contributed by atoms with Crippen LogP contribution in [0.3, 0.4) is 0 Å². The number of carbonyl (C=O) groups is 1. The van der Waals surface area contributed by atoms with Crippen molar-refractivity contribution >= 4 is 5.91 Å². The molecule has 2 aromatic rings. The molecule has 5 nitrogen and oxygen atoms in total. The maximum Gasteiger partial charge on any atom is 0.217 e. The van der Waals surface area contributed by atoms with Gasteiger partial charge in [-0.15, -0.1) is 0 Å². The maximum atomic E-state index is 16.2. The summed E-state index contributed by atoms with van der Waals surface area (Å²) in [4.78, 5) is 10.2. The zero-order valence-electron chi connectivity index (χ0n) is 18.3. The van der Waals surface area contributed by atoms with Crippen molar-refractivity contribution in [1.82, 2.24) is 5.06 Å². The minimum atomic E-state index is -1.50. The number of amides is 1. The molecular formula is C25H40FN3O2. The lowest BCUT2D eigenvalue weighted by Gasteiger charge is -2.39. The van der Waals surface area contributed by atoms with E-state index in [1.165, 1.54) is 5.06 Å². The van der Waals surface area contributed by atoms with Crippen LogP contribution in [0.25, 0.3) is 0 Å². The Bertz CT molecular complexity index is 721. The van der Waals surface area contributed by atoms with E-state index in [9.17, 15) is 10.0 Å². The molecule has 31 heavy (non-hydrogen) atoms. The quantitative estimate of drug-likeness (QED) is 0.492. The number of halogens is 1. The van der Waals surface area contributed by atoms with Crippen LogP contribution >= 0.6 is 0 Å². The number of hydrogen-bond donors (Lipinski definition) is 3. The van der Waals surface area contributed by atoms with E-state index in [-0.39, 0.29) is 14.7 Å². The first-order chi connectivity index (χ1) is 15.0. The number of hydroxylamine groups is 2. The van der Waals surface area contributed by atoms with Crippen molar-refractivity contribution in [3.63, 3.8) is 0 Å². The largest absolute Gasteiger partial charge is 0.370 e. The third-order valence-corrected chi connectivity index (χ3v) is 5.80. The summed E-state index contributed by atoms with van der Waals surface area (Å²) in [6.07, 6.45) is 5.97. The topological polar surface area (TPSA) is 92.6 Å².